The maximum Gasteiger partial charge on any atom is 0.246 e. The van der Waals surface area contributed by atoms with E-state index in [0.29, 0.717) is 11.3 Å². The second kappa shape index (κ2) is 6.24. The highest BCUT2D eigenvalue weighted by atomic mass is 16.2. The number of nitrogens with zero attached hydrogens (tertiary/aromatic N) is 1. The zero-order valence-corrected chi connectivity index (χ0v) is 13.4. The Labute approximate surface area is 136 Å². The maximum atomic E-state index is 12.7. The van der Waals surface area contributed by atoms with Crippen molar-refractivity contribution in [1.29, 1.82) is 0 Å². The summed E-state index contributed by atoms with van der Waals surface area (Å²) in [4.78, 5) is 26.1. The Balaban J connectivity index is 1.75. The van der Waals surface area contributed by atoms with E-state index in [4.69, 9.17) is 0 Å². The second-order valence-electron chi connectivity index (χ2n) is 5.90. The number of hydrogen-bond acceptors (Lipinski definition) is 3. The number of fused-ring (bicyclic) bond motifs is 1. The van der Waals surface area contributed by atoms with Crippen LogP contribution in [0.5, 0.6) is 0 Å². The maximum absolute atomic E-state index is 12.7. The molecule has 0 bridgehead atoms. The number of benzene rings is 2. The van der Waals surface area contributed by atoms with Gasteiger partial charge in [0.1, 0.15) is 0 Å². The van der Waals surface area contributed by atoms with Gasteiger partial charge in [0.15, 0.2) is 5.78 Å². The van der Waals surface area contributed by atoms with Crippen molar-refractivity contribution in [2.24, 2.45) is 0 Å². The number of anilines is 2. The Kier molecular flexibility index (Phi) is 4.15. The lowest BCUT2D eigenvalue weighted by Crippen LogP contribution is -2.39. The first-order valence-electron chi connectivity index (χ1n) is 7.81. The number of carbonyl (C=O) groups excluding carboxylic acids is 2. The average molecular weight is 308 g/mol. The molecule has 1 atom stereocenters. The molecular formula is C19H20N2O2. The van der Waals surface area contributed by atoms with E-state index < -0.39 is 0 Å². The van der Waals surface area contributed by atoms with Crippen LogP contribution in [0, 0.1) is 0 Å². The van der Waals surface area contributed by atoms with Gasteiger partial charge < -0.3 is 10.2 Å². The van der Waals surface area contributed by atoms with E-state index in [9.17, 15) is 9.59 Å². The summed E-state index contributed by atoms with van der Waals surface area (Å²) >= 11 is 0. The lowest BCUT2D eigenvalue weighted by atomic mass is 10.1. The SMILES string of the molecule is CC(=O)c1ccccc1NCC(=O)N1c2ccccc2C[C@H]1C. The molecule has 0 aliphatic carbocycles. The topological polar surface area (TPSA) is 49.4 Å². The van der Waals surface area contributed by atoms with Crippen LogP contribution >= 0.6 is 0 Å². The molecule has 3 rings (SSSR count). The zero-order chi connectivity index (χ0) is 16.4. The fourth-order valence-electron chi connectivity index (χ4n) is 3.15. The summed E-state index contributed by atoms with van der Waals surface area (Å²) in [5.41, 5.74) is 3.51. The summed E-state index contributed by atoms with van der Waals surface area (Å²) in [6, 6.07) is 15.4. The molecule has 1 aliphatic rings. The monoisotopic (exact) mass is 308 g/mol. The van der Waals surface area contributed by atoms with Crippen molar-refractivity contribution < 1.29 is 9.59 Å². The number of amides is 1. The Morgan fingerprint density at radius 3 is 2.61 bits per heavy atom. The summed E-state index contributed by atoms with van der Waals surface area (Å²) in [6.45, 7) is 3.76. The molecule has 0 saturated heterocycles. The van der Waals surface area contributed by atoms with Crippen LogP contribution in [0.4, 0.5) is 11.4 Å². The second-order valence-corrected chi connectivity index (χ2v) is 5.90. The first-order chi connectivity index (χ1) is 11.1. The predicted molar refractivity (Wildman–Crippen MR) is 92.0 cm³/mol. The van der Waals surface area contributed by atoms with Crippen LogP contribution in [0.15, 0.2) is 48.5 Å². The molecule has 1 heterocycles. The van der Waals surface area contributed by atoms with E-state index in [-0.39, 0.29) is 24.3 Å². The van der Waals surface area contributed by atoms with Gasteiger partial charge in [0.2, 0.25) is 5.91 Å². The molecule has 4 heteroatoms. The molecule has 1 aliphatic heterocycles. The number of carbonyl (C=O) groups is 2. The molecule has 0 saturated carbocycles. The van der Waals surface area contributed by atoms with Gasteiger partial charge >= 0.3 is 0 Å². The molecule has 4 nitrogen and oxygen atoms in total. The summed E-state index contributed by atoms with van der Waals surface area (Å²) in [6.07, 6.45) is 0.881. The Hall–Kier alpha value is -2.62. The standard InChI is InChI=1S/C19H20N2O2/c1-13-11-15-7-3-6-10-18(15)21(13)19(23)12-20-17-9-5-4-8-16(17)14(2)22/h3-10,13,20H,11-12H2,1-2H3/t13-/m1/s1. The molecule has 23 heavy (non-hydrogen) atoms. The minimum absolute atomic E-state index is 0.0135. The van der Waals surface area contributed by atoms with Crippen LogP contribution in [0.25, 0.3) is 0 Å². The van der Waals surface area contributed by atoms with E-state index in [1.807, 2.05) is 41.3 Å². The molecule has 2 aromatic carbocycles. The highest BCUT2D eigenvalue weighted by Crippen LogP contribution is 2.31. The number of nitrogens with one attached hydrogen (secondary N) is 1. The molecular weight excluding hydrogens is 288 g/mol. The molecule has 1 N–H and O–H groups in total. The zero-order valence-electron chi connectivity index (χ0n) is 13.4. The smallest absolute Gasteiger partial charge is 0.246 e. The molecule has 0 spiro atoms. The molecule has 1 amide bonds. The number of hydrogen-bond donors (Lipinski definition) is 1. The van der Waals surface area contributed by atoms with Crippen LogP contribution in [0.1, 0.15) is 29.8 Å². The Morgan fingerprint density at radius 1 is 1.13 bits per heavy atom. The van der Waals surface area contributed by atoms with Gasteiger partial charge in [0.25, 0.3) is 0 Å². The van der Waals surface area contributed by atoms with E-state index in [0.717, 1.165) is 12.1 Å². The van der Waals surface area contributed by atoms with Crippen molar-refractivity contribution in [3.8, 4) is 0 Å². The van der Waals surface area contributed by atoms with Gasteiger partial charge in [0, 0.05) is 23.0 Å². The van der Waals surface area contributed by atoms with Crippen LogP contribution < -0.4 is 10.2 Å². The highest BCUT2D eigenvalue weighted by Gasteiger charge is 2.30. The Bertz CT molecular complexity index is 755. The van der Waals surface area contributed by atoms with E-state index >= 15 is 0 Å². The van der Waals surface area contributed by atoms with Gasteiger partial charge in [-0.15, -0.1) is 0 Å². The van der Waals surface area contributed by atoms with Crippen LogP contribution in [0.2, 0.25) is 0 Å². The normalized spacial score (nSPS) is 16.1. The molecule has 0 aromatic heterocycles. The number of ketones is 1. The van der Waals surface area contributed by atoms with Gasteiger partial charge in [-0.25, -0.2) is 0 Å². The molecule has 0 fully saturated rings. The minimum Gasteiger partial charge on any atom is -0.376 e. The molecule has 0 unspecified atom stereocenters. The lowest BCUT2D eigenvalue weighted by molar-refractivity contribution is -0.117. The lowest BCUT2D eigenvalue weighted by Gasteiger charge is -2.23. The van der Waals surface area contributed by atoms with Crippen LogP contribution in [0.3, 0.4) is 0 Å². The predicted octanol–water partition coefficient (Wildman–Crippen LogP) is 3.28. The van der Waals surface area contributed by atoms with Gasteiger partial charge in [0.05, 0.1) is 6.54 Å². The summed E-state index contributed by atoms with van der Waals surface area (Å²) in [7, 11) is 0. The summed E-state index contributed by atoms with van der Waals surface area (Å²) < 4.78 is 0. The van der Waals surface area contributed by atoms with Crippen molar-refractivity contribution >= 4 is 23.1 Å². The van der Waals surface area contributed by atoms with Crippen molar-refractivity contribution in [2.75, 3.05) is 16.8 Å². The third-order valence-corrected chi connectivity index (χ3v) is 4.21. The van der Waals surface area contributed by atoms with E-state index in [1.54, 1.807) is 6.07 Å². The average Bonchev–Trinajstić information content (AvgIpc) is 2.88. The fraction of sp³-hybridized carbons (Fsp3) is 0.263. The van der Waals surface area contributed by atoms with Crippen molar-refractivity contribution in [3.63, 3.8) is 0 Å². The van der Waals surface area contributed by atoms with Crippen LogP contribution in [-0.4, -0.2) is 24.3 Å². The number of para-hydroxylation sites is 2. The number of rotatable bonds is 4. The number of Topliss-reactive ketones (excluding diaryl/α,β-unsaturated/α-hetero) is 1. The van der Waals surface area contributed by atoms with Gasteiger partial charge in [-0.3, -0.25) is 9.59 Å². The third-order valence-electron chi connectivity index (χ3n) is 4.21. The van der Waals surface area contributed by atoms with Gasteiger partial charge in [-0.2, -0.15) is 0 Å². The quantitative estimate of drug-likeness (QED) is 0.882. The molecule has 118 valence electrons. The van der Waals surface area contributed by atoms with Crippen molar-refractivity contribution in [3.05, 3.63) is 59.7 Å². The van der Waals surface area contributed by atoms with Crippen molar-refractivity contribution in [2.45, 2.75) is 26.3 Å². The summed E-state index contributed by atoms with van der Waals surface area (Å²) in [5, 5.41) is 3.11. The molecule has 0 radical (unpaired) electrons. The highest BCUT2D eigenvalue weighted by molar-refractivity contribution is 6.02. The largest absolute Gasteiger partial charge is 0.376 e. The van der Waals surface area contributed by atoms with E-state index in [1.165, 1.54) is 12.5 Å². The van der Waals surface area contributed by atoms with Gasteiger partial charge in [-0.1, -0.05) is 30.3 Å². The van der Waals surface area contributed by atoms with Gasteiger partial charge in [-0.05, 0) is 44.0 Å². The Morgan fingerprint density at radius 2 is 1.83 bits per heavy atom. The minimum atomic E-state index is -0.0135. The molecule has 2 aromatic rings. The fourth-order valence-corrected chi connectivity index (χ4v) is 3.15. The van der Waals surface area contributed by atoms with Crippen molar-refractivity contribution in [1.82, 2.24) is 0 Å². The first-order valence-corrected chi connectivity index (χ1v) is 7.81. The van der Waals surface area contributed by atoms with Crippen LogP contribution in [-0.2, 0) is 11.2 Å². The third kappa shape index (κ3) is 2.97. The summed E-state index contributed by atoms with van der Waals surface area (Å²) in [5.74, 6) is 0.00115. The first kappa shape index (κ1) is 15.3. The van der Waals surface area contributed by atoms with E-state index in [2.05, 4.69) is 18.3 Å².